The molecule has 0 spiro atoms. The Balaban J connectivity index is 1.98. The van der Waals surface area contributed by atoms with Crippen molar-refractivity contribution in [3.05, 3.63) is 32.2 Å². The molecule has 0 unspecified atom stereocenters. The zero-order valence-electron chi connectivity index (χ0n) is 11.8. The van der Waals surface area contributed by atoms with Gasteiger partial charge in [0.2, 0.25) is 0 Å². The van der Waals surface area contributed by atoms with Crippen molar-refractivity contribution in [2.24, 2.45) is 0 Å². The van der Waals surface area contributed by atoms with Gasteiger partial charge in [0.15, 0.2) is 5.69 Å². The van der Waals surface area contributed by atoms with Gasteiger partial charge in [0.25, 0.3) is 5.91 Å². The summed E-state index contributed by atoms with van der Waals surface area (Å²) in [6.07, 6.45) is 0. The predicted molar refractivity (Wildman–Crippen MR) is 81.1 cm³/mol. The number of carbonyl (C=O) groups is 2. The van der Waals surface area contributed by atoms with Crippen molar-refractivity contribution in [1.29, 1.82) is 0 Å². The Morgan fingerprint density at radius 3 is 2.38 bits per heavy atom. The highest BCUT2D eigenvalue weighted by Crippen LogP contribution is 2.25. The number of aromatic carboxylic acids is 1. The lowest BCUT2D eigenvalue weighted by molar-refractivity contribution is 0.0691. The second-order valence-corrected chi connectivity index (χ2v) is 7.20. The zero-order chi connectivity index (χ0) is 15.6. The summed E-state index contributed by atoms with van der Waals surface area (Å²) >= 11 is 2.65. The molecule has 6 nitrogen and oxygen atoms in total. The number of carboxylic acids is 1. The number of carbonyl (C=O) groups excluding carboxylic acids is 1. The first kappa shape index (κ1) is 15.6. The highest BCUT2D eigenvalue weighted by atomic mass is 32.1. The smallest absolute Gasteiger partial charge is 0.355 e. The number of nitrogens with zero attached hydrogens (tertiary/aromatic N) is 2. The van der Waals surface area contributed by atoms with Gasteiger partial charge in [0.05, 0.1) is 11.6 Å². The van der Waals surface area contributed by atoms with Crippen LogP contribution in [-0.2, 0) is 12.0 Å². The van der Waals surface area contributed by atoms with E-state index >= 15 is 0 Å². The van der Waals surface area contributed by atoms with Gasteiger partial charge < -0.3 is 10.4 Å². The number of carboxylic acid groups (broad SMARTS) is 1. The fourth-order valence-electron chi connectivity index (χ4n) is 1.46. The van der Waals surface area contributed by atoms with E-state index in [-0.39, 0.29) is 23.6 Å². The van der Waals surface area contributed by atoms with Gasteiger partial charge in [-0.05, 0) is 0 Å². The molecule has 0 atom stereocenters. The molecule has 21 heavy (non-hydrogen) atoms. The Labute approximate surface area is 129 Å². The lowest BCUT2D eigenvalue weighted by atomic mass is 9.98. The molecule has 0 aliphatic rings. The lowest BCUT2D eigenvalue weighted by Gasteiger charge is -2.13. The van der Waals surface area contributed by atoms with E-state index in [0.29, 0.717) is 10.7 Å². The highest BCUT2D eigenvalue weighted by molar-refractivity contribution is 7.10. The van der Waals surface area contributed by atoms with Crippen molar-refractivity contribution in [3.63, 3.8) is 0 Å². The first-order valence-corrected chi connectivity index (χ1v) is 7.95. The van der Waals surface area contributed by atoms with Gasteiger partial charge >= 0.3 is 5.97 Å². The molecule has 0 radical (unpaired) electrons. The van der Waals surface area contributed by atoms with Gasteiger partial charge in [-0.3, -0.25) is 4.79 Å². The fraction of sp³-hybridized carbons (Fsp3) is 0.385. The number of rotatable bonds is 4. The van der Waals surface area contributed by atoms with Gasteiger partial charge in [0, 0.05) is 16.2 Å². The standard InChI is InChI=1S/C13H15N3O3S2/c1-13(2,3)12-16-7(5-21-12)10(17)14-4-9-15-8(6-20-9)11(18)19/h5-6H,4H2,1-3H3,(H,14,17)(H,18,19). The second-order valence-electron chi connectivity index (χ2n) is 5.40. The number of thiazole rings is 2. The molecule has 0 aromatic carbocycles. The van der Waals surface area contributed by atoms with Crippen LogP contribution in [0.15, 0.2) is 10.8 Å². The minimum absolute atomic E-state index is 0.00655. The second kappa shape index (κ2) is 5.90. The van der Waals surface area contributed by atoms with Crippen LogP contribution in [0.2, 0.25) is 0 Å². The maximum atomic E-state index is 12.0. The van der Waals surface area contributed by atoms with Gasteiger partial charge in [-0.15, -0.1) is 22.7 Å². The Hall–Kier alpha value is -1.80. The molecule has 2 rings (SSSR count). The summed E-state index contributed by atoms with van der Waals surface area (Å²) in [7, 11) is 0. The third-order valence-corrected chi connectivity index (χ3v) is 4.67. The van der Waals surface area contributed by atoms with Crippen LogP contribution in [0.5, 0.6) is 0 Å². The van der Waals surface area contributed by atoms with E-state index < -0.39 is 5.97 Å². The lowest BCUT2D eigenvalue weighted by Crippen LogP contribution is -2.23. The molecule has 1 amide bonds. The minimum Gasteiger partial charge on any atom is -0.476 e. The van der Waals surface area contributed by atoms with Crippen LogP contribution in [-0.4, -0.2) is 27.0 Å². The summed E-state index contributed by atoms with van der Waals surface area (Å²) in [4.78, 5) is 30.9. The van der Waals surface area contributed by atoms with Gasteiger partial charge in [-0.25, -0.2) is 14.8 Å². The first-order valence-electron chi connectivity index (χ1n) is 6.19. The molecule has 0 saturated carbocycles. The molecule has 2 N–H and O–H groups in total. The van der Waals surface area contributed by atoms with Crippen molar-refractivity contribution >= 4 is 34.6 Å². The minimum atomic E-state index is -1.07. The van der Waals surface area contributed by atoms with Crippen molar-refractivity contribution in [2.45, 2.75) is 32.7 Å². The Morgan fingerprint density at radius 2 is 1.86 bits per heavy atom. The van der Waals surface area contributed by atoms with Crippen LogP contribution in [0.3, 0.4) is 0 Å². The average Bonchev–Trinajstić information content (AvgIpc) is 3.04. The van der Waals surface area contributed by atoms with E-state index in [4.69, 9.17) is 5.11 Å². The van der Waals surface area contributed by atoms with Crippen LogP contribution in [0.25, 0.3) is 0 Å². The third kappa shape index (κ3) is 3.85. The Kier molecular flexibility index (Phi) is 4.38. The van der Waals surface area contributed by atoms with E-state index in [0.717, 1.165) is 5.01 Å². The molecular weight excluding hydrogens is 310 g/mol. The summed E-state index contributed by atoms with van der Waals surface area (Å²) in [5, 5.41) is 16.1. The summed E-state index contributed by atoms with van der Waals surface area (Å²) in [5.74, 6) is -1.35. The SMILES string of the molecule is CC(C)(C)c1nc(C(=O)NCc2nc(C(=O)O)cs2)cs1. The van der Waals surface area contributed by atoms with Gasteiger partial charge in [-0.2, -0.15) is 0 Å². The van der Waals surface area contributed by atoms with E-state index in [1.165, 1.54) is 28.1 Å². The molecule has 2 heterocycles. The molecule has 0 fully saturated rings. The summed E-state index contributed by atoms with van der Waals surface area (Å²) < 4.78 is 0. The monoisotopic (exact) mass is 325 g/mol. The van der Waals surface area contributed by atoms with Crippen molar-refractivity contribution < 1.29 is 14.7 Å². The normalized spacial score (nSPS) is 11.4. The van der Waals surface area contributed by atoms with Gasteiger partial charge in [-0.1, -0.05) is 20.8 Å². The number of hydrogen-bond donors (Lipinski definition) is 2. The summed E-state index contributed by atoms with van der Waals surface area (Å²) in [5.41, 5.74) is 0.280. The van der Waals surface area contributed by atoms with Crippen molar-refractivity contribution in [2.75, 3.05) is 0 Å². The quantitative estimate of drug-likeness (QED) is 0.901. The molecule has 2 aromatic heterocycles. The van der Waals surface area contributed by atoms with Crippen molar-refractivity contribution in [1.82, 2.24) is 15.3 Å². The van der Waals surface area contributed by atoms with Crippen LogP contribution in [0.4, 0.5) is 0 Å². The number of aromatic nitrogens is 2. The van der Waals surface area contributed by atoms with Crippen molar-refractivity contribution in [3.8, 4) is 0 Å². The van der Waals surface area contributed by atoms with Gasteiger partial charge in [0.1, 0.15) is 10.7 Å². The van der Waals surface area contributed by atoms with E-state index in [1.807, 2.05) is 20.8 Å². The molecule has 0 aliphatic heterocycles. The largest absolute Gasteiger partial charge is 0.476 e. The average molecular weight is 325 g/mol. The van der Waals surface area contributed by atoms with Crippen LogP contribution in [0, 0.1) is 0 Å². The summed E-state index contributed by atoms with van der Waals surface area (Å²) in [6, 6.07) is 0. The molecule has 0 saturated heterocycles. The van der Waals surface area contributed by atoms with Crippen LogP contribution < -0.4 is 5.32 Å². The summed E-state index contributed by atoms with van der Waals surface area (Å²) in [6.45, 7) is 6.31. The maximum absolute atomic E-state index is 12.0. The van der Waals surface area contributed by atoms with Crippen LogP contribution >= 0.6 is 22.7 Å². The topological polar surface area (TPSA) is 92.2 Å². The Bertz CT molecular complexity index is 670. The zero-order valence-corrected chi connectivity index (χ0v) is 13.5. The highest BCUT2D eigenvalue weighted by Gasteiger charge is 2.20. The maximum Gasteiger partial charge on any atom is 0.355 e. The molecule has 0 bridgehead atoms. The molecule has 0 aliphatic carbocycles. The van der Waals surface area contributed by atoms with Crippen LogP contribution in [0.1, 0.15) is 51.8 Å². The first-order chi connectivity index (χ1) is 9.77. The predicted octanol–water partition coefficient (Wildman–Crippen LogP) is 2.53. The molecular formula is C13H15N3O3S2. The molecule has 8 heteroatoms. The van der Waals surface area contributed by atoms with E-state index in [2.05, 4.69) is 15.3 Å². The van der Waals surface area contributed by atoms with E-state index in [1.54, 1.807) is 5.38 Å². The number of nitrogens with one attached hydrogen (secondary N) is 1. The third-order valence-electron chi connectivity index (χ3n) is 2.55. The number of hydrogen-bond acceptors (Lipinski definition) is 6. The Morgan fingerprint density at radius 1 is 1.19 bits per heavy atom. The number of amides is 1. The van der Waals surface area contributed by atoms with E-state index in [9.17, 15) is 9.59 Å². The fourth-order valence-corrected chi connectivity index (χ4v) is 3.05. The molecule has 112 valence electrons. The molecule has 2 aromatic rings.